The first-order valence-electron chi connectivity index (χ1n) is 7.23. The van der Waals surface area contributed by atoms with Crippen LogP contribution in [0.25, 0.3) is 11.0 Å². The SMILES string of the molecule is CCOC1CC(Cc2nc3cc(C)c(C)cc3[nH]2)C1. The molecule has 1 saturated carbocycles. The van der Waals surface area contributed by atoms with Gasteiger partial charge in [-0.25, -0.2) is 4.98 Å². The van der Waals surface area contributed by atoms with E-state index in [1.165, 1.54) is 29.5 Å². The van der Waals surface area contributed by atoms with Crippen LogP contribution in [0.15, 0.2) is 12.1 Å². The van der Waals surface area contributed by atoms with Crippen molar-refractivity contribution < 1.29 is 4.74 Å². The normalized spacial score (nSPS) is 22.7. The zero-order valence-corrected chi connectivity index (χ0v) is 12.0. The Kier molecular flexibility index (Phi) is 3.31. The molecule has 2 aromatic rings. The number of aromatic amines is 1. The number of aryl methyl sites for hydroxylation is 2. The van der Waals surface area contributed by atoms with Crippen molar-refractivity contribution in [2.24, 2.45) is 5.92 Å². The number of hydrogen-bond acceptors (Lipinski definition) is 2. The van der Waals surface area contributed by atoms with Crippen LogP contribution in [0.3, 0.4) is 0 Å². The van der Waals surface area contributed by atoms with Gasteiger partial charge in [0.25, 0.3) is 0 Å². The van der Waals surface area contributed by atoms with Gasteiger partial charge in [-0.1, -0.05) is 0 Å². The largest absolute Gasteiger partial charge is 0.378 e. The van der Waals surface area contributed by atoms with Crippen LogP contribution in [0, 0.1) is 19.8 Å². The van der Waals surface area contributed by atoms with Gasteiger partial charge >= 0.3 is 0 Å². The molecule has 0 saturated heterocycles. The Balaban J connectivity index is 1.69. The maximum absolute atomic E-state index is 5.61. The van der Waals surface area contributed by atoms with Crippen molar-refractivity contribution in [1.82, 2.24) is 9.97 Å². The van der Waals surface area contributed by atoms with Crippen LogP contribution in [0.5, 0.6) is 0 Å². The zero-order valence-electron chi connectivity index (χ0n) is 12.0. The second-order valence-electron chi connectivity index (χ2n) is 5.76. The summed E-state index contributed by atoms with van der Waals surface area (Å²) < 4.78 is 5.61. The average Bonchev–Trinajstić information content (AvgIpc) is 2.69. The fourth-order valence-corrected chi connectivity index (χ4v) is 2.91. The Hall–Kier alpha value is -1.35. The molecule has 0 bridgehead atoms. The van der Waals surface area contributed by atoms with E-state index < -0.39 is 0 Å². The van der Waals surface area contributed by atoms with Gasteiger partial charge in [-0.3, -0.25) is 0 Å². The quantitative estimate of drug-likeness (QED) is 0.911. The van der Waals surface area contributed by atoms with E-state index in [9.17, 15) is 0 Å². The summed E-state index contributed by atoms with van der Waals surface area (Å²) in [6, 6.07) is 4.37. The monoisotopic (exact) mass is 258 g/mol. The molecule has 1 heterocycles. The molecule has 0 amide bonds. The number of H-pyrrole nitrogens is 1. The van der Waals surface area contributed by atoms with Crippen LogP contribution in [-0.2, 0) is 11.2 Å². The standard InChI is InChI=1S/C16H22N2O/c1-4-19-13-7-12(8-13)9-16-17-14-5-10(2)11(3)6-15(14)18-16/h5-6,12-13H,4,7-9H2,1-3H3,(H,17,18). The Morgan fingerprint density at radius 3 is 2.74 bits per heavy atom. The molecule has 0 spiro atoms. The number of rotatable bonds is 4. The third-order valence-corrected chi connectivity index (χ3v) is 4.22. The highest BCUT2D eigenvalue weighted by Gasteiger charge is 2.30. The highest BCUT2D eigenvalue weighted by molar-refractivity contribution is 5.77. The van der Waals surface area contributed by atoms with E-state index in [-0.39, 0.29) is 0 Å². The second-order valence-corrected chi connectivity index (χ2v) is 5.76. The zero-order chi connectivity index (χ0) is 13.4. The number of benzene rings is 1. The topological polar surface area (TPSA) is 37.9 Å². The molecule has 0 aliphatic heterocycles. The predicted molar refractivity (Wildman–Crippen MR) is 77.4 cm³/mol. The van der Waals surface area contributed by atoms with Crippen LogP contribution in [0.2, 0.25) is 0 Å². The number of fused-ring (bicyclic) bond motifs is 1. The third-order valence-electron chi connectivity index (χ3n) is 4.22. The van der Waals surface area contributed by atoms with Gasteiger partial charge in [0, 0.05) is 13.0 Å². The Labute approximate surface area is 114 Å². The van der Waals surface area contributed by atoms with Gasteiger partial charge in [0.15, 0.2) is 0 Å². The molecule has 1 aromatic carbocycles. The molecule has 3 nitrogen and oxygen atoms in total. The van der Waals surface area contributed by atoms with Gasteiger partial charge in [0.1, 0.15) is 5.82 Å². The van der Waals surface area contributed by atoms with Crippen molar-refractivity contribution in [2.45, 2.75) is 46.1 Å². The minimum atomic E-state index is 0.490. The number of imidazole rings is 1. The number of hydrogen-bond donors (Lipinski definition) is 1. The Morgan fingerprint density at radius 1 is 1.26 bits per heavy atom. The van der Waals surface area contributed by atoms with Crippen LogP contribution in [0.4, 0.5) is 0 Å². The van der Waals surface area contributed by atoms with Crippen LogP contribution >= 0.6 is 0 Å². The summed E-state index contributed by atoms with van der Waals surface area (Å²) in [5.74, 6) is 1.86. The summed E-state index contributed by atoms with van der Waals surface area (Å²) in [4.78, 5) is 8.17. The first-order valence-corrected chi connectivity index (χ1v) is 7.23. The first-order chi connectivity index (χ1) is 9.15. The summed E-state index contributed by atoms with van der Waals surface area (Å²) in [7, 11) is 0. The van der Waals surface area contributed by atoms with Gasteiger partial charge in [0.05, 0.1) is 17.1 Å². The van der Waals surface area contributed by atoms with Crippen molar-refractivity contribution in [3.05, 3.63) is 29.1 Å². The van der Waals surface area contributed by atoms with Crippen molar-refractivity contribution in [3.8, 4) is 0 Å². The fraction of sp³-hybridized carbons (Fsp3) is 0.562. The first kappa shape index (κ1) is 12.7. The maximum atomic E-state index is 5.61. The fourth-order valence-electron chi connectivity index (χ4n) is 2.91. The second kappa shape index (κ2) is 4.97. The van der Waals surface area contributed by atoms with E-state index in [0.29, 0.717) is 6.10 Å². The van der Waals surface area contributed by atoms with Gasteiger partial charge in [0.2, 0.25) is 0 Å². The summed E-state index contributed by atoms with van der Waals surface area (Å²) >= 11 is 0. The average molecular weight is 258 g/mol. The van der Waals surface area contributed by atoms with E-state index in [0.717, 1.165) is 30.3 Å². The lowest BCUT2D eigenvalue weighted by atomic mass is 9.80. The molecule has 1 N–H and O–H groups in total. The van der Waals surface area contributed by atoms with Gasteiger partial charge in [-0.05, 0) is 62.8 Å². The minimum Gasteiger partial charge on any atom is -0.378 e. The predicted octanol–water partition coefficient (Wildman–Crippen LogP) is 3.54. The van der Waals surface area contributed by atoms with Crippen molar-refractivity contribution in [2.75, 3.05) is 6.61 Å². The van der Waals surface area contributed by atoms with E-state index >= 15 is 0 Å². The number of nitrogens with zero attached hydrogens (tertiary/aromatic N) is 1. The van der Waals surface area contributed by atoms with E-state index in [2.05, 4.69) is 37.9 Å². The maximum Gasteiger partial charge on any atom is 0.107 e. The molecule has 19 heavy (non-hydrogen) atoms. The molecule has 3 heteroatoms. The Morgan fingerprint density at radius 2 is 2.00 bits per heavy atom. The summed E-state index contributed by atoms with van der Waals surface area (Å²) in [6.45, 7) is 7.19. The number of ether oxygens (including phenoxy) is 1. The van der Waals surface area contributed by atoms with E-state index in [1.54, 1.807) is 0 Å². The lowest BCUT2D eigenvalue weighted by Crippen LogP contribution is -2.32. The van der Waals surface area contributed by atoms with Crippen molar-refractivity contribution in [1.29, 1.82) is 0 Å². The molecule has 1 aliphatic rings. The smallest absolute Gasteiger partial charge is 0.107 e. The number of nitrogens with one attached hydrogen (secondary N) is 1. The molecule has 0 unspecified atom stereocenters. The molecular formula is C16H22N2O. The highest BCUT2D eigenvalue weighted by Crippen LogP contribution is 2.32. The Bertz CT molecular complexity index is 543. The molecule has 0 atom stereocenters. The molecule has 102 valence electrons. The van der Waals surface area contributed by atoms with Crippen LogP contribution in [-0.4, -0.2) is 22.7 Å². The molecule has 1 aliphatic carbocycles. The van der Waals surface area contributed by atoms with Gasteiger partial charge in [-0.15, -0.1) is 0 Å². The van der Waals surface area contributed by atoms with Gasteiger partial charge < -0.3 is 9.72 Å². The minimum absolute atomic E-state index is 0.490. The van der Waals surface area contributed by atoms with Crippen LogP contribution < -0.4 is 0 Å². The summed E-state index contributed by atoms with van der Waals surface area (Å²) in [5, 5.41) is 0. The molecule has 1 aromatic heterocycles. The highest BCUT2D eigenvalue weighted by atomic mass is 16.5. The van der Waals surface area contributed by atoms with Crippen molar-refractivity contribution in [3.63, 3.8) is 0 Å². The lowest BCUT2D eigenvalue weighted by molar-refractivity contribution is -0.0244. The third kappa shape index (κ3) is 2.52. The molecule has 0 radical (unpaired) electrons. The molecular weight excluding hydrogens is 236 g/mol. The number of aromatic nitrogens is 2. The van der Waals surface area contributed by atoms with Gasteiger partial charge in [-0.2, -0.15) is 0 Å². The van der Waals surface area contributed by atoms with E-state index in [1.807, 2.05) is 0 Å². The van der Waals surface area contributed by atoms with Crippen LogP contribution in [0.1, 0.15) is 36.7 Å². The molecule has 1 fully saturated rings. The molecule has 3 rings (SSSR count). The lowest BCUT2D eigenvalue weighted by Gasteiger charge is -2.34. The summed E-state index contributed by atoms with van der Waals surface area (Å²) in [6.07, 6.45) is 3.91. The van der Waals surface area contributed by atoms with Crippen molar-refractivity contribution >= 4 is 11.0 Å². The summed E-state index contributed by atoms with van der Waals surface area (Å²) in [5.41, 5.74) is 4.89. The van der Waals surface area contributed by atoms with E-state index in [4.69, 9.17) is 9.72 Å².